The molecule has 0 unspecified atom stereocenters. The third-order valence-electron chi connectivity index (χ3n) is 2.22. The maximum atomic E-state index is 11.2. The van der Waals surface area contributed by atoms with Crippen molar-refractivity contribution in [3.63, 3.8) is 0 Å². The van der Waals surface area contributed by atoms with Crippen molar-refractivity contribution in [2.45, 2.75) is 18.6 Å². The zero-order valence-electron chi connectivity index (χ0n) is 10.5. The van der Waals surface area contributed by atoms with Crippen molar-refractivity contribution in [1.29, 1.82) is 0 Å². The number of hydrogen-bond acceptors (Lipinski definition) is 5. The molecule has 0 atom stereocenters. The summed E-state index contributed by atoms with van der Waals surface area (Å²) in [6.07, 6.45) is 0. The maximum absolute atomic E-state index is 11.2. The summed E-state index contributed by atoms with van der Waals surface area (Å²) in [5, 5.41) is 10.9. The van der Waals surface area contributed by atoms with E-state index < -0.39 is 5.91 Å². The van der Waals surface area contributed by atoms with Gasteiger partial charge in [0.15, 0.2) is 11.0 Å². The second-order valence-electron chi connectivity index (χ2n) is 4.08. The van der Waals surface area contributed by atoms with Crippen molar-refractivity contribution in [3.05, 3.63) is 29.7 Å². The first-order valence-corrected chi connectivity index (χ1v) is 7.47. The topological polar surface area (TPSA) is 73.8 Å². The lowest BCUT2D eigenvalue weighted by molar-refractivity contribution is -0.118. The predicted octanol–water partition coefficient (Wildman–Crippen LogP) is 2.16. The molecular weight excluding hydrogens is 280 g/mol. The average Bonchev–Trinajstić information content (AvgIpc) is 2.94. The van der Waals surface area contributed by atoms with E-state index in [1.165, 1.54) is 11.8 Å². The molecule has 0 aliphatic heterocycles. The van der Waals surface area contributed by atoms with Crippen LogP contribution in [0, 0.1) is 0 Å². The van der Waals surface area contributed by atoms with Crippen LogP contribution in [0.25, 0.3) is 10.7 Å². The van der Waals surface area contributed by atoms with Crippen molar-refractivity contribution in [2.75, 3.05) is 5.75 Å². The number of primary amides is 1. The van der Waals surface area contributed by atoms with E-state index in [2.05, 4.69) is 16.8 Å². The predicted molar refractivity (Wildman–Crippen MR) is 78.1 cm³/mol. The number of hydrogen-bond donors (Lipinski definition) is 1. The minimum atomic E-state index is -0.408. The lowest BCUT2D eigenvalue weighted by Crippen LogP contribution is -2.19. The van der Waals surface area contributed by atoms with Gasteiger partial charge in [0.2, 0.25) is 5.91 Å². The third-order valence-corrected chi connectivity index (χ3v) is 4.28. The summed E-state index contributed by atoms with van der Waals surface area (Å²) in [4.78, 5) is 12.2. The van der Waals surface area contributed by atoms with Gasteiger partial charge in [-0.3, -0.25) is 9.36 Å². The van der Waals surface area contributed by atoms with E-state index in [9.17, 15) is 4.79 Å². The van der Waals surface area contributed by atoms with Gasteiger partial charge < -0.3 is 5.73 Å². The first kappa shape index (κ1) is 13.8. The smallest absolute Gasteiger partial charge is 0.237 e. The van der Waals surface area contributed by atoms with Crippen LogP contribution in [0.4, 0.5) is 0 Å². The molecule has 0 saturated carbocycles. The van der Waals surface area contributed by atoms with Gasteiger partial charge >= 0.3 is 0 Å². The van der Waals surface area contributed by atoms with Gasteiger partial charge in [-0.05, 0) is 18.4 Å². The zero-order valence-corrected chi connectivity index (χ0v) is 12.1. The third kappa shape index (κ3) is 3.45. The highest BCUT2D eigenvalue weighted by atomic mass is 32.2. The molecule has 2 N–H and O–H groups in total. The highest BCUT2D eigenvalue weighted by molar-refractivity contribution is 7.99. The second kappa shape index (κ2) is 6.03. The molecule has 0 saturated heterocycles. The van der Waals surface area contributed by atoms with Crippen molar-refractivity contribution in [3.8, 4) is 10.7 Å². The van der Waals surface area contributed by atoms with Crippen LogP contribution in [0.5, 0.6) is 0 Å². The molecule has 0 aliphatic rings. The maximum Gasteiger partial charge on any atom is 0.237 e. The van der Waals surface area contributed by atoms with Crippen LogP contribution < -0.4 is 5.73 Å². The van der Waals surface area contributed by atoms with E-state index in [1.807, 2.05) is 24.4 Å². The highest BCUT2D eigenvalue weighted by Gasteiger charge is 2.16. The molecule has 2 heterocycles. The fourth-order valence-corrected chi connectivity index (χ4v) is 2.97. The molecule has 0 radical (unpaired) electrons. The summed E-state index contributed by atoms with van der Waals surface area (Å²) in [7, 11) is 0. The molecule has 0 fully saturated rings. The van der Waals surface area contributed by atoms with Gasteiger partial charge in [-0.15, -0.1) is 21.5 Å². The normalized spacial score (nSPS) is 10.6. The van der Waals surface area contributed by atoms with Crippen molar-refractivity contribution >= 4 is 29.0 Å². The minimum Gasteiger partial charge on any atom is -0.368 e. The summed E-state index contributed by atoms with van der Waals surface area (Å²) in [6.45, 7) is 5.88. The molecule has 5 nitrogen and oxygen atoms in total. The Kier molecular flexibility index (Phi) is 4.39. The molecule has 0 spiro atoms. The Balaban J connectivity index is 2.33. The van der Waals surface area contributed by atoms with E-state index in [4.69, 9.17) is 5.73 Å². The summed E-state index contributed by atoms with van der Waals surface area (Å²) < 4.78 is 1.75. The molecule has 2 rings (SSSR count). The molecule has 0 bridgehead atoms. The van der Waals surface area contributed by atoms with E-state index in [0.717, 1.165) is 16.2 Å². The van der Waals surface area contributed by atoms with Crippen LogP contribution in [0.1, 0.15) is 6.92 Å². The standard InChI is InChI=1S/C12H14N4OS2/c1-8(2)7-19-12-15-14-11(9-4-3-5-18-9)16(12)6-10(13)17/h3-5H,1,6-7H2,2H3,(H2,13,17). The molecule has 0 aliphatic carbocycles. The quantitative estimate of drug-likeness (QED) is 0.654. The van der Waals surface area contributed by atoms with Crippen molar-refractivity contribution in [2.24, 2.45) is 5.73 Å². The molecule has 2 aromatic heterocycles. The van der Waals surface area contributed by atoms with Gasteiger partial charge in [0.05, 0.1) is 4.88 Å². The van der Waals surface area contributed by atoms with Gasteiger partial charge in [-0.1, -0.05) is 30.0 Å². The van der Waals surface area contributed by atoms with Gasteiger partial charge in [0.1, 0.15) is 6.54 Å². The van der Waals surface area contributed by atoms with Crippen molar-refractivity contribution < 1.29 is 4.79 Å². The summed E-state index contributed by atoms with van der Waals surface area (Å²) >= 11 is 3.05. The van der Waals surface area contributed by atoms with Gasteiger partial charge in [-0.2, -0.15) is 0 Å². The van der Waals surface area contributed by atoms with Gasteiger partial charge in [0, 0.05) is 5.75 Å². The van der Waals surface area contributed by atoms with Crippen molar-refractivity contribution in [1.82, 2.24) is 14.8 Å². The Morgan fingerprint density at radius 1 is 1.58 bits per heavy atom. The fraction of sp³-hybridized carbons (Fsp3) is 0.250. The number of thioether (sulfide) groups is 1. The summed E-state index contributed by atoms with van der Waals surface area (Å²) in [5.74, 6) is 1.01. The number of nitrogens with zero attached hydrogens (tertiary/aromatic N) is 3. The number of carbonyl (C=O) groups is 1. The molecular formula is C12H14N4OS2. The molecule has 19 heavy (non-hydrogen) atoms. The Morgan fingerprint density at radius 3 is 2.95 bits per heavy atom. The van der Waals surface area contributed by atoms with Crippen LogP contribution in [-0.2, 0) is 11.3 Å². The Morgan fingerprint density at radius 2 is 2.37 bits per heavy atom. The number of aromatic nitrogens is 3. The number of thiophene rings is 1. The zero-order chi connectivity index (χ0) is 13.8. The second-order valence-corrected chi connectivity index (χ2v) is 5.97. The first-order chi connectivity index (χ1) is 9.08. The number of carbonyl (C=O) groups excluding carboxylic acids is 1. The number of rotatable bonds is 6. The van der Waals surface area contributed by atoms with Crippen LogP contribution in [0.2, 0.25) is 0 Å². The van der Waals surface area contributed by atoms with E-state index in [0.29, 0.717) is 11.0 Å². The fourth-order valence-electron chi connectivity index (χ4n) is 1.47. The van der Waals surface area contributed by atoms with Gasteiger partial charge in [-0.25, -0.2) is 0 Å². The SMILES string of the molecule is C=C(C)CSc1nnc(-c2cccs2)n1CC(N)=O. The first-order valence-electron chi connectivity index (χ1n) is 5.60. The highest BCUT2D eigenvalue weighted by Crippen LogP contribution is 2.27. The Labute approximate surface area is 119 Å². The molecule has 2 aromatic rings. The summed E-state index contributed by atoms with van der Waals surface area (Å²) in [6, 6.07) is 3.88. The average molecular weight is 294 g/mol. The van der Waals surface area contributed by atoms with Crippen LogP contribution in [0.3, 0.4) is 0 Å². The van der Waals surface area contributed by atoms with Crippen LogP contribution >= 0.6 is 23.1 Å². The van der Waals surface area contributed by atoms with E-state index >= 15 is 0 Å². The molecule has 100 valence electrons. The number of amides is 1. The largest absolute Gasteiger partial charge is 0.368 e. The lowest BCUT2D eigenvalue weighted by atomic mass is 10.4. The Bertz CT molecular complexity index is 589. The van der Waals surface area contributed by atoms with Crippen LogP contribution in [-0.4, -0.2) is 26.4 Å². The summed E-state index contributed by atoms with van der Waals surface area (Å²) in [5.41, 5.74) is 6.33. The minimum absolute atomic E-state index is 0.0821. The van der Waals surface area contributed by atoms with E-state index in [1.54, 1.807) is 15.9 Å². The molecule has 1 amide bonds. The number of nitrogens with two attached hydrogens (primary N) is 1. The lowest BCUT2D eigenvalue weighted by Gasteiger charge is -2.06. The van der Waals surface area contributed by atoms with E-state index in [-0.39, 0.29) is 6.54 Å². The molecule has 7 heteroatoms. The Hall–Kier alpha value is -1.60. The van der Waals surface area contributed by atoms with Crippen LogP contribution in [0.15, 0.2) is 34.8 Å². The molecule has 0 aromatic carbocycles. The van der Waals surface area contributed by atoms with Gasteiger partial charge in [0.25, 0.3) is 0 Å². The monoisotopic (exact) mass is 294 g/mol.